The second kappa shape index (κ2) is 6.81. The highest BCUT2D eigenvalue weighted by atomic mass is 32.2. The van der Waals surface area contributed by atoms with Gasteiger partial charge >= 0.3 is 0 Å². The second-order valence-corrected chi connectivity index (χ2v) is 12.1. The molecule has 1 amide bonds. The van der Waals surface area contributed by atoms with E-state index in [-0.39, 0.29) is 16.3 Å². The average Bonchev–Trinajstić information content (AvgIpc) is 2.83. The molecule has 4 rings (SSSR count). The lowest BCUT2D eigenvalue weighted by Crippen LogP contribution is -2.36. The van der Waals surface area contributed by atoms with E-state index in [1.165, 1.54) is 22.5 Å². The van der Waals surface area contributed by atoms with Crippen LogP contribution in [0, 0.1) is 12.3 Å². The fourth-order valence-corrected chi connectivity index (χ4v) is 8.03. The third-order valence-corrected chi connectivity index (χ3v) is 9.61. The van der Waals surface area contributed by atoms with E-state index in [0.717, 1.165) is 22.7 Å². The molecule has 160 valence electrons. The summed E-state index contributed by atoms with van der Waals surface area (Å²) in [6.07, 6.45) is 1.55. The first-order valence-corrected chi connectivity index (χ1v) is 12.8. The van der Waals surface area contributed by atoms with Crippen LogP contribution in [0.5, 0.6) is 0 Å². The van der Waals surface area contributed by atoms with Crippen molar-refractivity contribution in [1.29, 1.82) is 0 Å². The van der Waals surface area contributed by atoms with E-state index in [2.05, 4.69) is 0 Å². The number of nitrogens with zero attached hydrogens (tertiary/aromatic N) is 2. The molecular weight excluding hydrogens is 424 g/mol. The summed E-state index contributed by atoms with van der Waals surface area (Å²) < 4.78 is 54.1. The molecule has 7 nitrogen and oxygen atoms in total. The molecule has 0 bridgehead atoms. The molecule has 0 aliphatic carbocycles. The molecule has 0 saturated carbocycles. The fourth-order valence-electron chi connectivity index (χ4n) is 4.18. The van der Waals surface area contributed by atoms with Crippen LogP contribution < -0.4 is 8.61 Å². The molecule has 0 aromatic heterocycles. The predicted octanol–water partition coefficient (Wildman–Crippen LogP) is 2.84. The minimum Gasteiger partial charge on any atom is -0.273 e. The van der Waals surface area contributed by atoms with Crippen molar-refractivity contribution in [3.8, 4) is 0 Å². The number of hydrogen-bond acceptors (Lipinski definition) is 5. The van der Waals surface area contributed by atoms with Crippen molar-refractivity contribution in [2.24, 2.45) is 5.41 Å². The number of rotatable bonds is 3. The topological polar surface area (TPSA) is 91.8 Å². The summed E-state index contributed by atoms with van der Waals surface area (Å²) in [5, 5.41) is 0. The van der Waals surface area contributed by atoms with Crippen LogP contribution >= 0.6 is 0 Å². The van der Waals surface area contributed by atoms with Crippen LogP contribution in [0.3, 0.4) is 0 Å². The Hall–Kier alpha value is -2.39. The fraction of sp³-hybridized carbons (Fsp3) is 0.381. The Morgan fingerprint density at radius 2 is 1.77 bits per heavy atom. The second-order valence-electron chi connectivity index (χ2n) is 8.47. The van der Waals surface area contributed by atoms with E-state index in [4.69, 9.17) is 0 Å². The van der Waals surface area contributed by atoms with Gasteiger partial charge in [-0.25, -0.2) is 21.1 Å². The van der Waals surface area contributed by atoms with Crippen molar-refractivity contribution >= 4 is 37.3 Å². The smallest absolute Gasteiger partial charge is 0.264 e. The number of aryl methyl sites for hydroxylation is 2. The molecule has 30 heavy (non-hydrogen) atoms. The highest BCUT2D eigenvalue weighted by molar-refractivity contribution is 7.94. The zero-order chi connectivity index (χ0) is 21.9. The predicted molar refractivity (Wildman–Crippen MR) is 116 cm³/mol. The molecule has 0 atom stereocenters. The van der Waals surface area contributed by atoms with Gasteiger partial charge in [0.2, 0.25) is 15.9 Å². The van der Waals surface area contributed by atoms with Crippen molar-refractivity contribution in [2.45, 2.75) is 38.5 Å². The molecular formula is C21H24N2O5S2. The van der Waals surface area contributed by atoms with E-state index >= 15 is 0 Å². The molecule has 2 aliphatic heterocycles. The number of benzene rings is 2. The van der Waals surface area contributed by atoms with Crippen LogP contribution in [0.2, 0.25) is 0 Å². The molecule has 2 aromatic rings. The van der Waals surface area contributed by atoms with E-state index in [0.29, 0.717) is 17.8 Å². The van der Waals surface area contributed by atoms with Gasteiger partial charge < -0.3 is 0 Å². The first-order valence-electron chi connectivity index (χ1n) is 9.74. The number of carbonyl (C=O) groups is 1. The Kier molecular flexibility index (Phi) is 4.74. The van der Waals surface area contributed by atoms with Crippen LogP contribution in [0.15, 0.2) is 47.4 Å². The van der Waals surface area contributed by atoms with Crippen LogP contribution in [-0.4, -0.2) is 35.0 Å². The molecule has 0 unspecified atom stereocenters. The normalized spacial score (nSPS) is 20.3. The quantitative estimate of drug-likeness (QED) is 0.720. The van der Waals surface area contributed by atoms with Crippen molar-refractivity contribution in [2.75, 3.05) is 20.9 Å². The Labute approximate surface area is 177 Å². The first-order chi connectivity index (χ1) is 13.9. The lowest BCUT2D eigenvalue weighted by Gasteiger charge is -2.31. The van der Waals surface area contributed by atoms with Crippen LogP contribution in [-0.2, 0) is 31.3 Å². The SMILES string of the molecule is Cc1cc(N2C(=O)C(C)(C)CS2(=O)=O)ccc1S(=O)(=O)N1CCCc2ccccc21. The highest BCUT2D eigenvalue weighted by Gasteiger charge is 2.50. The van der Waals surface area contributed by atoms with Crippen molar-refractivity contribution in [3.63, 3.8) is 0 Å². The van der Waals surface area contributed by atoms with E-state index in [1.54, 1.807) is 26.8 Å². The zero-order valence-electron chi connectivity index (χ0n) is 17.1. The number of sulfonamides is 2. The molecule has 1 saturated heterocycles. The summed E-state index contributed by atoms with van der Waals surface area (Å²) in [5.41, 5.74) is 1.20. The summed E-state index contributed by atoms with van der Waals surface area (Å²) >= 11 is 0. The zero-order valence-corrected chi connectivity index (χ0v) is 18.8. The molecule has 9 heteroatoms. The van der Waals surface area contributed by atoms with Gasteiger partial charge in [-0.1, -0.05) is 18.2 Å². The maximum Gasteiger partial charge on any atom is 0.264 e. The van der Waals surface area contributed by atoms with E-state index in [9.17, 15) is 21.6 Å². The first kappa shape index (κ1) is 20.9. The van der Waals surface area contributed by atoms with Gasteiger partial charge in [-0.3, -0.25) is 9.10 Å². The Morgan fingerprint density at radius 1 is 1.07 bits per heavy atom. The lowest BCUT2D eigenvalue weighted by molar-refractivity contribution is -0.123. The van der Waals surface area contributed by atoms with Gasteiger partial charge in [0, 0.05) is 6.54 Å². The van der Waals surface area contributed by atoms with Crippen LogP contribution in [0.25, 0.3) is 0 Å². The van der Waals surface area contributed by atoms with Gasteiger partial charge in [-0.2, -0.15) is 0 Å². The Morgan fingerprint density at radius 3 is 2.40 bits per heavy atom. The van der Waals surface area contributed by atoms with Gasteiger partial charge in [0.1, 0.15) is 0 Å². The number of fused-ring (bicyclic) bond motifs is 1. The highest BCUT2D eigenvalue weighted by Crippen LogP contribution is 2.38. The standard InChI is InChI=1S/C21H24N2O5S2/c1-15-13-17(23-20(24)21(2,3)14-29(23,25)26)10-11-19(15)30(27,28)22-12-6-8-16-7-4-5-9-18(16)22/h4-5,7,9-11,13H,6,8,12,14H2,1-3H3. The van der Waals surface area contributed by atoms with Crippen molar-refractivity contribution in [1.82, 2.24) is 0 Å². The molecule has 0 radical (unpaired) electrons. The summed E-state index contributed by atoms with van der Waals surface area (Å²) in [7, 11) is -7.63. The summed E-state index contributed by atoms with van der Waals surface area (Å²) in [6.45, 7) is 5.18. The van der Waals surface area contributed by atoms with E-state index in [1.807, 2.05) is 18.2 Å². The minimum absolute atomic E-state index is 0.103. The van der Waals surface area contributed by atoms with Gasteiger partial charge in [-0.05, 0) is 69.0 Å². The molecule has 1 fully saturated rings. The molecule has 2 aromatic carbocycles. The molecule has 0 N–H and O–H groups in total. The number of anilines is 2. The number of para-hydroxylation sites is 1. The van der Waals surface area contributed by atoms with Crippen LogP contribution in [0.1, 0.15) is 31.4 Å². The summed E-state index contributed by atoms with van der Waals surface area (Å²) in [4.78, 5) is 12.7. The van der Waals surface area contributed by atoms with Crippen LogP contribution in [0.4, 0.5) is 11.4 Å². The molecule has 2 heterocycles. The van der Waals surface area contributed by atoms with Gasteiger partial charge in [0.25, 0.3) is 10.0 Å². The maximum absolute atomic E-state index is 13.4. The molecule has 0 spiro atoms. The van der Waals surface area contributed by atoms with Gasteiger partial charge in [0.05, 0.1) is 27.4 Å². The molecule has 2 aliphatic rings. The van der Waals surface area contributed by atoms with E-state index < -0.39 is 31.4 Å². The largest absolute Gasteiger partial charge is 0.273 e. The summed E-state index contributed by atoms with van der Waals surface area (Å²) in [5.74, 6) is -0.787. The van der Waals surface area contributed by atoms with Gasteiger partial charge in [0.15, 0.2) is 0 Å². The maximum atomic E-state index is 13.4. The Balaban J connectivity index is 1.76. The third kappa shape index (κ3) is 3.20. The number of hydrogen-bond donors (Lipinski definition) is 0. The van der Waals surface area contributed by atoms with Gasteiger partial charge in [-0.15, -0.1) is 0 Å². The number of amides is 1. The Bertz CT molecular complexity index is 1250. The van der Waals surface area contributed by atoms with Crippen molar-refractivity contribution < 1.29 is 21.6 Å². The average molecular weight is 449 g/mol. The monoisotopic (exact) mass is 448 g/mol. The lowest BCUT2D eigenvalue weighted by atomic mass is 9.95. The summed E-state index contributed by atoms with van der Waals surface area (Å²) in [6, 6.07) is 11.7. The minimum atomic E-state index is -3.83. The van der Waals surface area contributed by atoms with Crippen molar-refractivity contribution in [3.05, 3.63) is 53.6 Å². The third-order valence-electron chi connectivity index (χ3n) is 5.61. The number of carbonyl (C=O) groups excluding carboxylic acids is 1.